The second-order valence-electron chi connectivity index (χ2n) is 5.09. The Labute approximate surface area is 119 Å². The van der Waals surface area contributed by atoms with E-state index in [1.54, 1.807) is 12.1 Å². The SMILES string of the molecule is Cc1ccc(S(=O)(=O)OCC[C@H]2OC(=O)C[C@H]2C)cc1. The van der Waals surface area contributed by atoms with Gasteiger partial charge in [0, 0.05) is 12.3 Å². The molecule has 1 aliphatic heterocycles. The molecule has 6 heteroatoms. The minimum Gasteiger partial charge on any atom is -0.462 e. The first-order chi connectivity index (χ1) is 9.38. The van der Waals surface area contributed by atoms with Gasteiger partial charge in [-0.15, -0.1) is 0 Å². The van der Waals surface area contributed by atoms with E-state index < -0.39 is 10.1 Å². The van der Waals surface area contributed by atoms with E-state index in [1.807, 2.05) is 13.8 Å². The van der Waals surface area contributed by atoms with Crippen molar-refractivity contribution < 1.29 is 22.1 Å². The molecule has 0 aromatic heterocycles. The number of benzene rings is 1. The van der Waals surface area contributed by atoms with Gasteiger partial charge in [-0.25, -0.2) is 0 Å². The zero-order chi connectivity index (χ0) is 14.8. The molecule has 1 aliphatic rings. The zero-order valence-corrected chi connectivity index (χ0v) is 12.4. The second-order valence-corrected chi connectivity index (χ2v) is 6.70. The first-order valence-electron chi connectivity index (χ1n) is 6.54. The van der Waals surface area contributed by atoms with Gasteiger partial charge in [-0.2, -0.15) is 8.42 Å². The molecule has 20 heavy (non-hydrogen) atoms. The molecule has 0 bridgehead atoms. The van der Waals surface area contributed by atoms with Gasteiger partial charge >= 0.3 is 5.97 Å². The van der Waals surface area contributed by atoms with Gasteiger partial charge in [0.2, 0.25) is 0 Å². The molecular formula is C14H18O5S. The van der Waals surface area contributed by atoms with Crippen LogP contribution in [0.1, 0.15) is 25.3 Å². The van der Waals surface area contributed by atoms with Gasteiger partial charge in [0.1, 0.15) is 6.10 Å². The van der Waals surface area contributed by atoms with Crippen LogP contribution in [-0.4, -0.2) is 27.1 Å². The van der Waals surface area contributed by atoms with E-state index in [-0.39, 0.29) is 29.5 Å². The summed E-state index contributed by atoms with van der Waals surface area (Å²) in [6, 6.07) is 6.47. The maximum absolute atomic E-state index is 11.9. The van der Waals surface area contributed by atoms with Crippen LogP contribution in [0.4, 0.5) is 0 Å². The molecule has 0 aliphatic carbocycles. The summed E-state index contributed by atoms with van der Waals surface area (Å²) in [5.74, 6) is -0.128. The number of carbonyl (C=O) groups excluding carboxylic acids is 1. The molecule has 0 radical (unpaired) electrons. The van der Waals surface area contributed by atoms with Crippen LogP contribution in [0.15, 0.2) is 29.2 Å². The van der Waals surface area contributed by atoms with Crippen LogP contribution in [0.2, 0.25) is 0 Å². The Morgan fingerprint density at radius 2 is 1.95 bits per heavy atom. The topological polar surface area (TPSA) is 69.7 Å². The fourth-order valence-electron chi connectivity index (χ4n) is 2.12. The van der Waals surface area contributed by atoms with Gasteiger partial charge < -0.3 is 4.74 Å². The standard InChI is InChI=1S/C14H18O5S/c1-10-3-5-12(6-4-10)20(16,17)18-8-7-13-11(2)9-14(15)19-13/h3-6,11,13H,7-9H2,1-2H3/t11-,13-/m1/s1. The average Bonchev–Trinajstić information content (AvgIpc) is 2.68. The zero-order valence-electron chi connectivity index (χ0n) is 11.5. The Hall–Kier alpha value is -1.40. The van der Waals surface area contributed by atoms with Crippen LogP contribution < -0.4 is 0 Å². The van der Waals surface area contributed by atoms with Gasteiger partial charge in [0.05, 0.1) is 17.9 Å². The van der Waals surface area contributed by atoms with E-state index in [2.05, 4.69) is 0 Å². The molecule has 1 heterocycles. The number of cyclic esters (lactones) is 1. The van der Waals surface area contributed by atoms with E-state index in [4.69, 9.17) is 8.92 Å². The molecule has 0 spiro atoms. The molecule has 0 amide bonds. The summed E-state index contributed by atoms with van der Waals surface area (Å²) in [6.45, 7) is 3.80. The summed E-state index contributed by atoms with van der Waals surface area (Å²) < 4.78 is 33.9. The number of carbonyl (C=O) groups is 1. The van der Waals surface area contributed by atoms with E-state index in [1.165, 1.54) is 12.1 Å². The van der Waals surface area contributed by atoms with Crippen molar-refractivity contribution in [3.63, 3.8) is 0 Å². The lowest BCUT2D eigenvalue weighted by molar-refractivity contribution is -0.141. The van der Waals surface area contributed by atoms with Crippen molar-refractivity contribution in [2.75, 3.05) is 6.61 Å². The Morgan fingerprint density at radius 3 is 2.50 bits per heavy atom. The van der Waals surface area contributed by atoms with Crippen molar-refractivity contribution in [1.29, 1.82) is 0 Å². The Kier molecular flexibility index (Phi) is 4.45. The van der Waals surface area contributed by atoms with Crippen molar-refractivity contribution in [3.8, 4) is 0 Å². The number of hydrogen-bond donors (Lipinski definition) is 0. The minimum atomic E-state index is -3.74. The minimum absolute atomic E-state index is 0.0124. The molecule has 0 unspecified atom stereocenters. The normalized spacial score (nSPS) is 22.8. The molecule has 5 nitrogen and oxygen atoms in total. The summed E-state index contributed by atoms with van der Waals surface area (Å²) in [7, 11) is -3.74. The number of ether oxygens (including phenoxy) is 1. The van der Waals surface area contributed by atoms with Gasteiger partial charge in [-0.3, -0.25) is 8.98 Å². The molecular weight excluding hydrogens is 280 g/mol. The first kappa shape index (κ1) is 15.0. The lowest BCUT2D eigenvalue weighted by atomic mass is 10.0. The average molecular weight is 298 g/mol. The largest absolute Gasteiger partial charge is 0.462 e. The maximum Gasteiger partial charge on any atom is 0.306 e. The Balaban J connectivity index is 1.90. The predicted molar refractivity (Wildman–Crippen MR) is 72.6 cm³/mol. The maximum atomic E-state index is 11.9. The van der Waals surface area contributed by atoms with Crippen molar-refractivity contribution in [2.24, 2.45) is 5.92 Å². The molecule has 1 saturated heterocycles. The van der Waals surface area contributed by atoms with E-state index in [9.17, 15) is 13.2 Å². The first-order valence-corrected chi connectivity index (χ1v) is 7.95. The third-order valence-electron chi connectivity index (χ3n) is 3.36. The van der Waals surface area contributed by atoms with E-state index in [0.29, 0.717) is 12.8 Å². The van der Waals surface area contributed by atoms with E-state index in [0.717, 1.165) is 5.56 Å². The highest BCUT2D eigenvalue weighted by molar-refractivity contribution is 7.86. The highest BCUT2D eigenvalue weighted by atomic mass is 32.2. The quantitative estimate of drug-likeness (QED) is 0.614. The molecule has 2 atom stereocenters. The third-order valence-corrected chi connectivity index (χ3v) is 4.68. The summed E-state index contributed by atoms with van der Waals surface area (Å²) in [5.41, 5.74) is 0.982. The second kappa shape index (κ2) is 5.93. The Morgan fingerprint density at radius 1 is 1.30 bits per heavy atom. The number of aryl methyl sites for hydroxylation is 1. The highest BCUT2D eigenvalue weighted by Crippen LogP contribution is 2.24. The Bertz CT molecular complexity index is 576. The van der Waals surface area contributed by atoms with Crippen LogP contribution in [0.3, 0.4) is 0 Å². The predicted octanol–water partition coefficient (Wildman–Crippen LogP) is 2.04. The molecule has 110 valence electrons. The number of esters is 1. The molecule has 0 N–H and O–H groups in total. The number of hydrogen-bond acceptors (Lipinski definition) is 5. The van der Waals surface area contributed by atoms with Gasteiger partial charge in [0.25, 0.3) is 10.1 Å². The monoisotopic (exact) mass is 298 g/mol. The van der Waals surface area contributed by atoms with Gasteiger partial charge in [0.15, 0.2) is 0 Å². The van der Waals surface area contributed by atoms with Gasteiger partial charge in [-0.05, 0) is 19.1 Å². The summed E-state index contributed by atoms with van der Waals surface area (Å²) >= 11 is 0. The van der Waals surface area contributed by atoms with E-state index >= 15 is 0 Å². The summed E-state index contributed by atoms with van der Waals surface area (Å²) in [5, 5.41) is 0. The van der Waals surface area contributed by atoms with Crippen molar-refractivity contribution in [2.45, 2.75) is 37.7 Å². The molecule has 0 saturated carbocycles. The van der Waals surface area contributed by atoms with Crippen molar-refractivity contribution in [3.05, 3.63) is 29.8 Å². The van der Waals surface area contributed by atoms with Crippen molar-refractivity contribution in [1.82, 2.24) is 0 Å². The fraction of sp³-hybridized carbons (Fsp3) is 0.500. The third kappa shape index (κ3) is 3.58. The lowest BCUT2D eigenvalue weighted by Crippen LogP contribution is -2.18. The van der Waals surface area contributed by atoms with Crippen LogP contribution in [0.25, 0.3) is 0 Å². The highest BCUT2D eigenvalue weighted by Gasteiger charge is 2.31. The van der Waals surface area contributed by atoms with Crippen LogP contribution in [0, 0.1) is 12.8 Å². The molecule has 1 fully saturated rings. The lowest BCUT2D eigenvalue weighted by Gasteiger charge is -2.13. The summed E-state index contributed by atoms with van der Waals surface area (Å²) in [6.07, 6.45) is 0.517. The molecule has 1 aromatic carbocycles. The summed E-state index contributed by atoms with van der Waals surface area (Å²) in [4.78, 5) is 11.2. The smallest absolute Gasteiger partial charge is 0.306 e. The molecule has 1 aromatic rings. The van der Waals surface area contributed by atoms with Crippen LogP contribution in [0.5, 0.6) is 0 Å². The van der Waals surface area contributed by atoms with Gasteiger partial charge in [-0.1, -0.05) is 24.6 Å². The fourth-order valence-corrected chi connectivity index (χ4v) is 3.04. The van der Waals surface area contributed by atoms with Crippen LogP contribution >= 0.6 is 0 Å². The van der Waals surface area contributed by atoms with Crippen LogP contribution in [-0.2, 0) is 23.8 Å². The van der Waals surface area contributed by atoms with Crippen molar-refractivity contribution >= 4 is 16.1 Å². The number of rotatable bonds is 5. The molecule has 2 rings (SSSR count).